The summed E-state index contributed by atoms with van der Waals surface area (Å²) in [6, 6.07) is 8.46. The molecule has 2 fully saturated rings. The van der Waals surface area contributed by atoms with Crippen LogP contribution in [0.1, 0.15) is 31.2 Å². The minimum atomic E-state index is -1.12. The lowest BCUT2D eigenvalue weighted by Gasteiger charge is -2.35. The third-order valence-electron chi connectivity index (χ3n) is 3.82. The highest BCUT2D eigenvalue weighted by atomic mass is 79.9. The fraction of sp³-hybridized carbons (Fsp3) is 0.538. The molecule has 1 nitrogen and oxygen atoms in total. The van der Waals surface area contributed by atoms with E-state index in [1.807, 2.05) is 24.3 Å². The van der Waals surface area contributed by atoms with Crippen LogP contribution in [0.2, 0.25) is 0 Å². The van der Waals surface area contributed by atoms with Gasteiger partial charge < -0.3 is 5.32 Å². The molecule has 3 rings (SSSR count). The van der Waals surface area contributed by atoms with Crippen LogP contribution in [0.15, 0.2) is 28.7 Å². The van der Waals surface area contributed by atoms with Gasteiger partial charge in [-0.25, -0.2) is 4.39 Å². The minimum absolute atomic E-state index is 0.378. The zero-order valence-corrected chi connectivity index (χ0v) is 10.6. The molecule has 2 aliphatic rings. The van der Waals surface area contributed by atoms with Crippen LogP contribution in [0.5, 0.6) is 0 Å². The van der Waals surface area contributed by atoms with Crippen LogP contribution in [-0.4, -0.2) is 12.1 Å². The summed E-state index contributed by atoms with van der Waals surface area (Å²) in [7, 11) is 0. The van der Waals surface area contributed by atoms with Crippen LogP contribution in [0.3, 0.4) is 0 Å². The second kappa shape index (κ2) is 3.81. The van der Waals surface area contributed by atoms with Crippen molar-refractivity contribution < 1.29 is 4.39 Å². The second-order valence-electron chi connectivity index (χ2n) is 5.02. The maximum atomic E-state index is 15.0. The standard InChI is InChI=1S/C13H15BrFN/c14-10-3-1-2-9(6-10)13(15)7-11-4-5-12(8-13)16-11/h1-3,6,11-12,16H,4-5,7-8H2. The van der Waals surface area contributed by atoms with Gasteiger partial charge in [0.2, 0.25) is 0 Å². The molecule has 0 spiro atoms. The summed E-state index contributed by atoms with van der Waals surface area (Å²) in [4.78, 5) is 0. The normalized spacial score (nSPS) is 37.6. The molecule has 2 heterocycles. The fourth-order valence-corrected chi connectivity index (χ4v) is 3.49. The molecule has 1 aromatic rings. The molecule has 2 aliphatic heterocycles. The van der Waals surface area contributed by atoms with Crippen molar-refractivity contribution in [3.05, 3.63) is 34.3 Å². The number of hydrogen-bond donors (Lipinski definition) is 1. The first-order chi connectivity index (χ1) is 7.66. The van der Waals surface area contributed by atoms with Crippen LogP contribution >= 0.6 is 15.9 Å². The van der Waals surface area contributed by atoms with E-state index in [1.54, 1.807) is 0 Å². The lowest BCUT2D eigenvalue weighted by molar-refractivity contribution is 0.0873. The van der Waals surface area contributed by atoms with E-state index in [0.717, 1.165) is 22.9 Å². The number of fused-ring (bicyclic) bond motifs is 2. The van der Waals surface area contributed by atoms with Crippen molar-refractivity contribution in [2.24, 2.45) is 0 Å². The Kier molecular flexibility index (Phi) is 2.55. The summed E-state index contributed by atoms with van der Waals surface area (Å²) in [5.41, 5.74) is -0.291. The summed E-state index contributed by atoms with van der Waals surface area (Å²) in [5, 5.41) is 3.48. The van der Waals surface area contributed by atoms with Crippen LogP contribution in [-0.2, 0) is 5.67 Å². The minimum Gasteiger partial charge on any atom is -0.311 e. The molecule has 0 aliphatic carbocycles. The molecule has 0 radical (unpaired) electrons. The van der Waals surface area contributed by atoms with Crippen LogP contribution in [0.25, 0.3) is 0 Å². The molecule has 0 aromatic heterocycles. The largest absolute Gasteiger partial charge is 0.311 e. The van der Waals surface area contributed by atoms with E-state index >= 15 is 0 Å². The average molecular weight is 284 g/mol. The average Bonchev–Trinajstić information content (AvgIpc) is 2.59. The van der Waals surface area contributed by atoms with Crippen molar-refractivity contribution in [1.82, 2.24) is 5.32 Å². The topological polar surface area (TPSA) is 12.0 Å². The zero-order valence-electron chi connectivity index (χ0n) is 9.05. The summed E-state index contributed by atoms with van der Waals surface area (Å²) < 4.78 is 15.9. The van der Waals surface area contributed by atoms with Crippen LogP contribution in [0.4, 0.5) is 4.39 Å². The van der Waals surface area contributed by atoms with Crippen molar-refractivity contribution in [2.45, 2.75) is 43.4 Å². The van der Waals surface area contributed by atoms with E-state index in [4.69, 9.17) is 0 Å². The number of rotatable bonds is 1. The third kappa shape index (κ3) is 1.80. The highest BCUT2D eigenvalue weighted by molar-refractivity contribution is 9.10. The molecule has 2 bridgehead atoms. The molecule has 1 N–H and O–H groups in total. The molecular weight excluding hydrogens is 269 g/mol. The van der Waals surface area contributed by atoms with Crippen molar-refractivity contribution in [1.29, 1.82) is 0 Å². The molecule has 16 heavy (non-hydrogen) atoms. The molecule has 0 saturated carbocycles. The Morgan fingerprint density at radius 1 is 1.25 bits per heavy atom. The van der Waals surface area contributed by atoms with Gasteiger partial charge in [0.25, 0.3) is 0 Å². The van der Waals surface area contributed by atoms with Gasteiger partial charge in [-0.15, -0.1) is 0 Å². The van der Waals surface area contributed by atoms with Gasteiger partial charge in [-0.3, -0.25) is 0 Å². The lowest BCUT2D eigenvalue weighted by atomic mass is 9.83. The predicted molar refractivity (Wildman–Crippen MR) is 66.1 cm³/mol. The Bertz CT molecular complexity index is 395. The third-order valence-corrected chi connectivity index (χ3v) is 4.31. The Labute approximate surface area is 104 Å². The van der Waals surface area contributed by atoms with E-state index < -0.39 is 5.67 Å². The van der Waals surface area contributed by atoms with Gasteiger partial charge in [0.15, 0.2) is 0 Å². The van der Waals surface area contributed by atoms with Crippen molar-refractivity contribution in [3.63, 3.8) is 0 Å². The summed E-state index contributed by atoms with van der Waals surface area (Å²) in [6.07, 6.45) is 3.51. The molecule has 3 heteroatoms. The SMILES string of the molecule is FC1(c2cccc(Br)c2)CC2CCC(C1)N2. The van der Waals surface area contributed by atoms with Crippen molar-refractivity contribution >= 4 is 15.9 Å². The van der Waals surface area contributed by atoms with Gasteiger partial charge in [-0.2, -0.15) is 0 Å². The monoisotopic (exact) mass is 283 g/mol. The Morgan fingerprint density at radius 2 is 1.94 bits per heavy atom. The Hall–Kier alpha value is -0.410. The summed E-state index contributed by atoms with van der Waals surface area (Å²) in [6.45, 7) is 0. The highest BCUT2D eigenvalue weighted by Gasteiger charge is 2.45. The van der Waals surface area contributed by atoms with Crippen molar-refractivity contribution in [3.8, 4) is 0 Å². The predicted octanol–water partition coefficient (Wildman–Crippen LogP) is 3.53. The van der Waals surface area contributed by atoms with E-state index in [-0.39, 0.29) is 0 Å². The molecular formula is C13H15BrFN. The molecule has 1 aromatic carbocycles. The van der Waals surface area contributed by atoms with Gasteiger partial charge >= 0.3 is 0 Å². The van der Waals surface area contributed by atoms with E-state index in [9.17, 15) is 4.39 Å². The van der Waals surface area contributed by atoms with Gasteiger partial charge in [0.05, 0.1) is 0 Å². The molecule has 86 valence electrons. The quantitative estimate of drug-likeness (QED) is 0.832. The van der Waals surface area contributed by atoms with Crippen LogP contribution < -0.4 is 5.32 Å². The van der Waals surface area contributed by atoms with Crippen molar-refractivity contribution in [2.75, 3.05) is 0 Å². The summed E-state index contributed by atoms with van der Waals surface area (Å²) >= 11 is 3.42. The first-order valence-electron chi connectivity index (χ1n) is 5.87. The highest BCUT2D eigenvalue weighted by Crippen LogP contribution is 2.44. The summed E-state index contributed by atoms with van der Waals surface area (Å²) in [5.74, 6) is 0. The second-order valence-corrected chi connectivity index (χ2v) is 5.94. The lowest BCUT2D eigenvalue weighted by Crippen LogP contribution is -2.44. The van der Waals surface area contributed by atoms with E-state index in [2.05, 4.69) is 21.2 Å². The number of nitrogens with one attached hydrogen (secondary N) is 1. The number of piperidine rings is 1. The van der Waals surface area contributed by atoms with Gasteiger partial charge in [-0.1, -0.05) is 28.1 Å². The maximum Gasteiger partial charge on any atom is 0.139 e. The van der Waals surface area contributed by atoms with Gasteiger partial charge in [0.1, 0.15) is 5.67 Å². The number of alkyl halides is 1. The molecule has 0 amide bonds. The zero-order chi connectivity index (χ0) is 11.2. The first-order valence-corrected chi connectivity index (χ1v) is 6.66. The van der Waals surface area contributed by atoms with E-state index in [1.165, 1.54) is 0 Å². The van der Waals surface area contributed by atoms with Gasteiger partial charge in [0, 0.05) is 29.4 Å². The van der Waals surface area contributed by atoms with Gasteiger partial charge in [-0.05, 0) is 30.5 Å². The fourth-order valence-electron chi connectivity index (χ4n) is 3.09. The number of benzene rings is 1. The van der Waals surface area contributed by atoms with E-state index in [0.29, 0.717) is 24.9 Å². The number of hydrogen-bond acceptors (Lipinski definition) is 1. The maximum absolute atomic E-state index is 15.0. The Morgan fingerprint density at radius 3 is 2.56 bits per heavy atom. The van der Waals surface area contributed by atoms with Crippen LogP contribution in [0, 0.1) is 0 Å². The Balaban J connectivity index is 1.93. The smallest absolute Gasteiger partial charge is 0.139 e. The molecule has 2 unspecified atom stereocenters. The molecule has 2 saturated heterocycles. The first kappa shape index (κ1) is 10.7. The molecule has 2 atom stereocenters. The number of halogens is 2.